The minimum atomic E-state index is -1.23. The molecule has 0 spiro atoms. The van der Waals surface area contributed by atoms with Crippen molar-refractivity contribution in [2.75, 3.05) is 49.1 Å². The van der Waals surface area contributed by atoms with Gasteiger partial charge in [-0.25, -0.2) is 19.0 Å². The van der Waals surface area contributed by atoms with E-state index in [1.54, 1.807) is 12.1 Å². The summed E-state index contributed by atoms with van der Waals surface area (Å²) in [6.07, 6.45) is 1.50. The molecule has 1 aromatic heterocycles. The molecule has 2 N–H and O–H groups in total. The first-order valence-corrected chi connectivity index (χ1v) is 13.8. The third kappa shape index (κ3) is 7.36. The average molecular weight is 624 g/mol. The van der Waals surface area contributed by atoms with Gasteiger partial charge in [0.1, 0.15) is 0 Å². The number of carbonyl (C=O) groups excluding carboxylic acids is 1. The second-order valence-corrected chi connectivity index (χ2v) is 10.1. The molecule has 44 heavy (non-hydrogen) atoms. The summed E-state index contributed by atoms with van der Waals surface area (Å²) in [6.45, 7) is 6.39. The van der Waals surface area contributed by atoms with E-state index in [0.717, 1.165) is 16.8 Å². The van der Waals surface area contributed by atoms with Gasteiger partial charge in [-0.05, 0) is 66.9 Å². The van der Waals surface area contributed by atoms with Crippen LogP contribution in [-0.2, 0) is 4.74 Å². The number of nitrogens with one attached hydrogen (secondary N) is 2. The van der Waals surface area contributed by atoms with Crippen molar-refractivity contribution in [3.63, 3.8) is 0 Å². The van der Waals surface area contributed by atoms with Crippen LogP contribution < -0.4 is 25.1 Å². The molecule has 1 saturated heterocycles. The summed E-state index contributed by atoms with van der Waals surface area (Å²) >= 11 is 5.90. The van der Waals surface area contributed by atoms with E-state index in [2.05, 4.69) is 30.8 Å². The molecule has 1 aliphatic heterocycles. The number of esters is 1. The van der Waals surface area contributed by atoms with Gasteiger partial charge in [0.2, 0.25) is 17.8 Å². The van der Waals surface area contributed by atoms with Crippen LogP contribution in [0.3, 0.4) is 0 Å². The van der Waals surface area contributed by atoms with Crippen LogP contribution >= 0.6 is 11.6 Å². The zero-order valence-electron chi connectivity index (χ0n) is 24.0. The van der Waals surface area contributed by atoms with Crippen LogP contribution in [-0.4, -0.2) is 60.5 Å². The quantitative estimate of drug-likeness (QED) is 0.0792. The predicted octanol–water partition coefficient (Wildman–Crippen LogP) is 5.67. The zero-order chi connectivity index (χ0) is 31.2. The van der Waals surface area contributed by atoms with Crippen LogP contribution in [0.15, 0.2) is 53.6 Å². The molecule has 228 valence electrons. The van der Waals surface area contributed by atoms with Crippen molar-refractivity contribution in [3.05, 3.63) is 87.4 Å². The van der Waals surface area contributed by atoms with Crippen LogP contribution in [0.5, 0.6) is 11.5 Å². The molecule has 0 aliphatic carbocycles. The van der Waals surface area contributed by atoms with Crippen molar-refractivity contribution in [3.8, 4) is 11.5 Å². The normalized spacial score (nSPS) is 13.2. The molecule has 2 heterocycles. The van der Waals surface area contributed by atoms with E-state index in [1.807, 2.05) is 36.9 Å². The number of ether oxygens (including phenoxy) is 3. The Morgan fingerprint density at radius 1 is 1.00 bits per heavy atom. The molecule has 1 aliphatic rings. The maximum atomic E-state index is 13.7. The highest BCUT2D eigenvalue weighted by Crippen LogP contribution is 2.30. The van der Waals surface area contributed by atoms with Crippen LogP contribution in [0.25, 0.3) is 0 Å². The second kappa shape index (κ2) is 13.6. The standard InChI is InChI=1S/C30H28ClF2N7O4/c1-17-4-5-18(2)24(12-17)35-28-36-29(38-30(37-28)40-8-10-43-11-9-40)39-34-16-19-6-7-25(26(13-19)42-3)44-27(41)20-14-22(32)23(33)15-21(20)31/h4-7,12-16H,8-11H2,1-3H3,(H2,35,36,37,38,39)/b34-16-. The third-order valence-electron chi connectivity index (χ3n) is 6.56. The fourth-order valence-corrected chi connectivity index (χ4v) is 4.44. The van der Waals surface area contributed by atoms with Crippen LogP contribution in [0.4, 0.5) is 32.3 Å². The van der Waals surface area contributed by atoms with Gasteiger partial charge in [-0.3, -0.25) is 0 Å². The molecule has 4 aromatic rings. The van der Waals surface area contributed by atoms with Crippen molar-refractivity contribution >= 4 is 47.3 Å². The first-order valence-electron chi connectivity index (χ1n) is 13.5. The summed E-state index contributed by atoms with van der Waals surface area (Å²) < 4.78 is 43.2. The molecule has 0 bridgehead atoms. The highest BCUT2D eigenvalue weighted by Gasteiger charge is 2.20. The van der Waals surface area contributed by atoms with Gasteiger partial charge in [0.05, 0.1) is 37.1 Å². The lowest BCUT2D eigenvalue weighted by Gasteiger charge is -2.27. The van der Waals surface area contributed by atoms with Gasteiger partial charge in [-0.15, -0.1) is 0 Å². The smallest absolute Gasteiger partial charge is 0.345 e. The first kappa shape index (κ1) is 30.6. The number of hydrazone groups is 1. The number of rotatable bonds is 9. The summed E-state index contributed by atoms with van der Waals surface area (Å²) in [7, 11) is 1.39. The Morgan fingerprint density at radius 2 is 1.75 bits per heavy atom. The fraction of sp³-hybridized carbons (Fsp3) is 0.233. The van der Waals surface area contributed by atoms with Gasteiger partial charge in [-0.1, -0.05) is 23.7 Å². The number of benzene rings is 3. The van der Waals surface area contributed by atoms with E-state index in [0.29, 0.717) is 55.9 Å². The van der Waals surface area contributed by atoms with Crippen LogP contribution in [0.1, 0.15) is 27.0 Å². The molecule has 1 fully saturated rings. The fourth-order valence-electron chi connectivity index (χ4n) is 4.21. The number of hydrogen-bond acceptors (Lipinski definition) is 11. The molecule has 0 atom stereocenters. The van der Waals surface area contributed by atoms with Gasteiger partial charge in [0.15, 0.2) is 23.1 Å². The molecule has 0 amide bonds. The second-order valence-electron chi connectivity index (χ2n) is 9.74. The third-order valence-corrected chi connectivity index (χ3v) is 6.87. The maximum absolute atomic E-state index is 13.7. The van der Waals surface area contributed by atoms with Crippen molar-refractivity contribution in [1.29, 1.82) is 0 Å². The number of morpholine rings is 1. The highest BCUT2D eigenvalue weighted by molar-refractivity contribution is 6.33. The molecule has 14 heteroatoms. The minimum absolute atomic E-state index is 0.0400. The summed E-state index contributed by atoms with van der Waals surface area (Å²) in [4.78, 5) is 28.2. The van der Waals surface area contributed by atoms with Gasteiger partial charge in [0, 0.05) is 18.8 Å². The van der Waals surface area contributed by atoms with E-state index < -0.39 is 17.6 Å². The summed E-state index contributed by atoms with van der Waals surface area (Å²) in [5, 5.41) is 7.26. The van der Waals surface area contributed by atoms with Crippen LogP contribution in [0, 0.1) is 25.5 Å². The number of halogens is 3. The monoisotopic (exact) mass is 623 g/mol. The highest BCUT2D eigenvalue weighted by atomic mass is 35.5. The first-order chi connectivity index (χ1) is 21.2. The van der Waals surface area contributed by atoms with Crippen molar-refractivity contribution in [2.24, 2.45) is 5.10 Å². The molecule has 3 aromatic carbocycles. The molecule has 0 radical (unpaired) electrons. The minimum Gasteiger partial charge on any atom is -0.493 e. The van der Waals surface area contributed by atoms with E-state index in [9.17, 15) is 13.6 Å². The molecule has 0 unspecified atom stereocenters. The van der Waals surface area contributed by atoms with E-state index in [4.69, 9.17) is 25.8 Å². The summed E-state index contributed by atoms with van der Waals surface area (Å²) in [5.41, 5.74) is 6.10. The average Bonchev–Trinajstić information content (AvgIpc) is 3.01. The number of aryl methyl sites for hydroxylation is 2. The van der Waals surface area contributed by atoms with Gasteiger partial charge in [0.25, 0.3) is 0 Å². The zero-order valence-corrected chi connectivity index (χ0v) is 24.8. The van der Waals surface area contributed by atoms with E-state index in [-0.39, 0.29) is 28.0 Å². The number of hydrogen-bond donors (Lipinski definition) is 2. The Bertz CT molecular complexity index is 1720. The Labute approximate surface area is 256 Å². The van der Waals surface area contributed by atoms with Crippen molar-refractivity contribution in [1.82, 2.24) is 15.0 Å². The lowest BCUT2D eigenvalue weighted by Crippen LogP contribution is -2.37. The number of anilines is 4. The number of methoxy groups -OCH3 is 1. The number of aromatic nitrogens is 3. The van der Waals surface area contributed by atoms with E-state index in [1.165, 1.54) is 19.4 Å². The van der Waals surface area contributed by atoms with Gasteiger partial charge >= 0.3 is 5.97 Å². The number of carbonyl (C=O) groups is 1. The summed E-state index contributed by atoms with van der Waals surface area (Å²) in [6, 6.07) is 12.1. The molecule has 0 saturated carbocycles. The Kier molecular flexibility index (Phi) is 9.46. The van der Waals surface area contributed by atoms with E-state index >= 15 is 0 Å². The van der Waals surface area contributed by atoms with Crippen molar-refractivity contribution in [2.45, 2.75) is 13.8 Å². The van der Waals surface area contributed by atoms with Gasteiger partial charge in [-0.2, -0.15) is 20.1 Å². The molecule has 11 nitrogen and oxygen atoms in total. The Hall–Kier alpha value is -4.88. The Balaban J connectivity index is 1.33. The largest absolute Gasteiger partial charge is 0.493 e. The molecule has 5 rings (SSSR count). The molecular weight excluding hydrogens is 596 g/mol. The van der Waals surface area contributed by atoms with Crippen molar-refractivity contribution < 1.29 is 27.8 Å². The Morgan fingerprint density at radius 3 is 2.52 bits per heavy atom. The summed E-state index contributed by atoms with van der Waals surface area (Å²) in [5.74, 6) is -2.11. The molecular formula is C30H28ClF2N7O4. The van der Waals surface area contributed by atoms with Crippen LogP contribution in [0.2, 0.25) is 5.02 Å². The lowest BCUT2D eigenvalue weighted by atomic mass is 10.1. The van der Waals surface area contributed by atoms with Gasteiger partial charge < -0.3 is 24.4 Å². The topological polar surface area (TPSA) is 123 Å². The lowest BCUT2D eigenvalue weighted by molar-refractivity contribution is 0.0729. The predicted molar refractivity (Wildman–Crippen MR) is 163 cm³/mol. The number of nitrogens with zero attached hydrogens (tertiary/aromatic N) is 5. The maximum Gasteiger partial charge on any atom is 0.345 e. The SMILES string of the molecule is COc1cc(/C=N\Nc2nc(Nc3cc(C)ccc3C)nc(N3CCOCC3)n2)ccc1OC(=O)c1cc(F)c(F)cc1Cl.